The number of ether oxygens (including phenoxy) is 1. The van der Waals surface area contributed by atoms with Crippen molar-refractivity contribution in [1.82, 2.24) is 0 Å². The van der Waals surface area contributed by atoms with Gasteiger partial charge >= 0.3 is 0 Å². The minimum atomic E-state index is -0.278. The predicted octanol–water partition coefficient (Wildman–Crippen LogP) is 4.07. The Hall–Kier alpha value is -1.80. The predicted molar refractivity (Wildman–Crippen MR) is 84.6 cm³/mol. The molecule has 0 unspecified atom stereocenters. The first-order valence-electron chi connectivity index (χ1n) is 7.80. The number of rotatable bonds is 6. The van der Waals surface area contributed by atoms with E-state index in [4.69, 9.17) is 4.74 Å². The summed E-state index contributed by atoms with van der Waals surface area (Å²) in [6.07, 6.45) is 4.85. The van der Waals surface area contributed by atoms with E-state index >= 15 is 0 Å². The summed E-state index contributed by atoms with van der Waals surface area (Å²) in [5.41, 5.74) is 3.71. The quantitative estimate of drug-likeness (QED) is 0.809. The van der Waals surface area contributed by atoms with Crippen LogP contribution in [0.25, 0.3) is 0 Å². The Kier molecular flexibility index (Phi) is 4.56. The third kappa shape index (κ3) is 3.64. The Morgan fingerprint density at radius 2 is 1.90 bits per heavy atom. The van der Waals surface area contributed by atoms with Crippen molar-refractivity contribution in [3.05, 3.63) is 65.2 Å². The molecule has 1 N–H and O–H groups in total. The van der Waals surface area contributed by atoms with Crippen molar-refractivity contribution in [1.29, 1.82) is 0 Å². The standard InChI is InChI=1S/C19H22O2/c20-19-12-9-16-14-17(10-11-18(16)19)21-13-5-4-8-15-6-2-1-3-7-15/h1-3,6-7,10-11,14,19-20H,4-5,8-9,12-13H2/t19-/m1/s1. The van der Waals surface area contributed by atoms with Crippen LogP contribution in [0.1, 0.15) is 42.1 Å². The van der Waals surface area contributed by atoms with Crippen LogP contribution in [0.5, 0.6) is 5.75 Å². The van der Waals surface area contributed by atoms with E-state index in [9.17, 15) is 5.11 Å². The van der Waals surface area contributed by atoms with Crippen molar-refractivity contribution in [2.24, 2.45) is 0 Å². The van der Waals surface area contributed by atoms with Crippen LogP contribution in [0.15, 0.2) is 48.5 Å². The highest BCUT2D eigenvalue weighted by Crippen LogP contribution is 2.33. The molecule has 2 nitrogen and oxygen atoms in total. The van der Waals surface area contributed by atoms with Gasteiger partial charge in [0.15, 0.2) is 0 Å². The van der Waals surface area contributed by atoms with E-state index in [2.05, 4.69) is 36.4 Å². The zero-order valence-electron chi connectivity index (χ0n) is 12.3. The van der Waals surface area contributed by atoms with Gasteiger partial charge in [-0.15, -0.1) is 0 Å². The molecular weight excluding hydrogens is 260 g/mol. The molecule has 0 aliphatic heterocycles. The monoisotopic (exact) mass is 282 g/mol. The van der Waals surface area contributed by atoms with Crippen LogP contribution >= 0.6 is 0 Å². The van der Waals surface area contributed by atoms with Crippen molar-refractivity contribution < 1.29 is 9.84 Å². The zero-order valence-corrected chi connectivity index (χ0v) is 12.3. The lowest BCUT2D eigenvalue weighted by atomic mass is 10.1. The number of unbranched alkanes of at least 4 members (excludes halogenated alkanes) is 1. The lowest BCUT2D eigenvalue weighted by Gasteiger charge is -2.09. The second-order valence-electron chi connectivity index (χ2n) is 5.71. The van der Waals surface area contributed by atoms with Gasteiger partial charge in [0.2, 0.25) is 0 Å². The lowest BCUT2D eigenvalue weighted by molar-refractivity contribution is 0.180. The number of aryl methyl sites for hydroxylation is 2. The van der Waals surface area contributed by atoms with Gasteiger partial charge in [-0.2, -0.15) is 0 Å². The topological polar surface area (TPSA) is 29.5 Å². The second kappa shape index (κ2) is 6.77. The summed E-state index contributed by atoms with van der Waals surface area (Å²) in [5.74, 6) is 0.933. The van der Waals surface area contributed by atoms with E-state index in [-0.39, 0.29) is 6.10 Å². The van der Waals surface area contributed by atoms with Gasteiger partial charge in [0, 0.05) is 0 Å². The molecule has 1 aliphatic rings. The summed E-state index contributed by atoms with van der Waals surface area (Å²) in [6.45, 7) is 0.758. The van der Waals surface area contributed by atoms with Crippen LogP contribution in [0, 0.1) is 0 Å². The number of hydrogen-bond acceptors (Lipinski definition) is 2. The van der Waals surface area contributed by atoms with Crippen LogP contribution in [0.4, 0.5) is 0 Å². The van der Waals surface area contributed by atoms with Gasteiger partial charge in [0.25, 0.3) is 0 Å². The normalized spacial score (nSPS) is 16.7. The van der Waals surface area contributed by atoms with Crippen molar-refractivity contribution in [3.8, 4) is 5.75 Å². The van der Waals surface area contributed by atoms with Gasteiger partial charge in [-0.1, -0.05) is 36.4 Å². The van der Waals surface area contributed by atoms with Gasteiger partial charge < -0.3 is 9.84 Å². The first-order valence-corrected chi connectivity index (χ1v) is 7.80. The molecular formula is C19H22O2. The van der Waals surface area contributed by atoms with E-state index < -0.39 is 0 Å². The number of aliphatic hydroxyl groups is 1. The minimum absolute atomic E-state index is 0.278. The number of hydrogen-bond donors (Lipinski definition) is 1. The molecule has 0 aromatic heterocycles. The molecule has 0 saturated carbocycles. The minimum Gasteiger partial charge on any atom is -0.494 e. The molecule has 0 fully saturated rings. The maximum atomic E-state index is 9.79. The van der Waals surface area contributed by atoms with Crippen LogP contribution < -0.4 is 4.74 Å². The third-order valence-corrected chi connectivity index (χ3v) is 4.13. The molecule has 1 atom stereocenters. The van der Waals surface area contributed by atoms with E-state index in [0.717, 1.165) is 50.0 Å². The van der Waals surface area contributed by atoms with Gasteiger partial charge in [-0.25, -0.2) is 0 Å². The maximum Gasteiger partial charge on any atom is 0.119 e. The molecule has 0 bridgehead atoms. The highest BCUT2D eigenvalue weighted by atomic mass is 16.5. The lowest BCUT2D eigenvalue weighted by Crippen LogP contribution is -1.99. The molecule has 0 saturated heterocycles. The van der Waals surface area contributed by atoms with E-state index in [1.807, 2.05) is 12.1 Å². The van der Waals surface area contributed by atoms with Crippen molar-refractivity contribution >= 4 is 0 Å². The summed E-state index contributed by atoms with van der Waals surface area (Å²) in [5, 5.41) is 9.79. The van der Waals surface area contributed by atoms with Crippen molar-refractivity contribution in [2.45, 2.75) is 38.2 Å². The Morgan fingerprint density at radius 1 is 1.05 bits per heavy atom. The zero-order chi connectivity index (χ0) is 14.5. The molecule has 110 valence electrons. The van der Waals surface area contributed by atoms with Gasteiger partial charge in [0.05, 0.1) is 12.7 Å². The first kappa shape index (κ1) is 14.2. The largest absolute Gasteiger partial charge is 0.494 e. The average molecular weight is 282 g/mol. The Morgan fingerprint density at radius 3 is 2.76 bits per heavy atom. The molecule has 2 aromatic rings. The van der Waals surface area contributed by atoms with Crippen LogP contribution in [-0.2, 0) is 12.8 Å². The molecule has 2 heteroatoms. The van der Waals surface area contributed by atoms with Gasteiger partial charge in [-0.05, 0) is 60.9 Å². The Labute approximate surface area is 126 Å². The summed E-state index contributed by atoms with van der Waals surface area (Å²) < 4.78 is 5.82. The molecule has 2 aromatic carbocycles. The van der Waals surface area contributed by atoms with E-state index in [0.29, 0.717) is 0 Å². The SMILES string of the molecule is O[C@@H]1CCc2cc(OCCCCc3ccccc3)ccc21. The fourth-order valence-electron chi connectivity index (χ4n) is 2.93. The molecule has 21 heavy (non-hydrogen) atoms. The maximum absolute atomic E-state index is 9.79. The summed E-state index contributed by atoms with van der Waals surface area (Å²) in [4.78, 5) is 0. The second-order valence-corrected chi connectivity index (χ2v) is 5.71. The number of aliphatic hydroxyl groups excluding tert-OH is 1. The van der Waals surface area contributed by atoms with Gasteiger partial charge in [0.1, 0.15) is 5.75 Å². The van der Waals surface area contributed by atoms with Crippen molar-refractivity contribution in [3.63, 3.8) is 0 Å². The summed E-state index contributed by atoms with van der Waals surface area (Å²) >= 11 is 0. The fraction of sp³-hybridized carbons (Fsp3) is 0.368. The third-order valence-electron chi connectivity index (χ3n) is 4.13. The van der Waals surface area contributed by atoms with E-state index in [1.165, 1.54) is 11.1 Å². The van der Waals surface area contributed by atoms with Crippen molar-refractivity contribution in [2.75, 3.05) is 6.61 Å². The average Bonchev–Trinajstić information content (AvgIpc) is 2.89. The number of benzene rings is 2. The Balaban J connectivity index is 1.42. The molecule has 0 amide bonds. The molecule has 3 rings (SSSR count). The van der Waals surface area contributed by atoms with E-state index in [1.54, 1.807) is 0 Å². The summed E-state index contributed by atoms with van der Waals surface area (Å²) in [6, 6.07) is 16.6. The highest BCUT2D eigenvalue weighted by Gasteiger charge is 2.20. The fourth-order valence-corrected chi connectivity index (χ4v) is 2.93. The summed E-state index contributed by atoms with van der Waals surface area (Å²) in [7, 11) is 0. The first-order chi connectivity index (χ1) is 10.3. The molecule has 1 aliphatic carbocycles. The van der Waals surface area contributed by atoms with Crippen LogP contribution in [0.2, 0.25) is 0 Å². The number of fused-ring (bicyclic) bond motifs is 1. The Bertz CT molecular complexity index is 577. The molecule has 0 heterocycles. The highest BCUT2D eigenvalue weighted by molar-refractivity contribution is 5.39. The molecule has 0 radical (unpaired) electrons. The molecule has 0 spiro atoms. The van der Waals surface area contributed by atoms with Crippen LogP contribution in [-0.4, -0.2) is 11.7 Å². The van der Waals surface area contributed by atoms with Gasteiger partial charge in [-0.3, -0.25) is 0 Å². The van der Waals surface area contributed by atoms with Crippen LogP contribution in [0.3, 0.4) is 0 Å². The smallest absolute Gasteiger partial charge is 0.119 e.